The molecule has 4 nitrogen and oxygen atoms in total. The third-order valence-electron chi connectivity index (χ3n) is 4.86. The monoisotopic (exact) mass is 268 g/mol. The minimum Gasteiger partial charge on any atom is -0.381 e. The fourth-order valence-electron chi connectivity index (χ4n) is 3.46. The summed E-state index contributed by atoms with van der Waals surface area (Å²) in [5.74, 6) is 1.66. The van der Waals surface area contributed by atoms with Crippen LogP contribution in [0.15, 0.2) is 0 Å². The fraction of sp³-hybridized carbons (Fsp3) is 0.933. The first-order valence-corrected chi connectivity index (χ1v) is 7.81. The van der Waals surface area contributed by atoms with Crippen LogP contribution in [0.3, 0.4) is 0 Å². The molecule has 0 aromatic carbocycles. The van der Waals surface area contributed by atoms with E-state index in [1.807, 2.05) is 0 Å². The molecule has 19 heavy (non-hydrogen) atoms. The Labute approximate surface area is 116 Å². The van der Waals surface area contributed by atoms with E-state index in [9.17, 15) is 4.79 Å². The van der Waals surface area contributed by atoms with Gasteiger partial charge in [-0.05, 0) is 37.5 Å². The van der Waals surface area contributed by atoms with Crippen LogP contribution in [0.2, 0.25) is 0 Å². The quantitative estimate of drug-likeness (QED) is 0.798. The standard InChI is InChI=1S/C15H28N2O2/c1-3-12-4-5-14(11(12)2)16-10-15(18)17-13-6-8-19-9-7-13/h11-14,16H,3-10H2,1-2H3,(H,17,18). The van der Waals surface area contributed by atoms with Crippen LogP contribution in [0.1, 0.15) is 46.0 Å². The number of rotatable bonds is 5. The lowest BCUT2D eigenvalue weighted by Gasteiger charge is -2.24. The zero-order valence-electron chi connectivity index (χ0n) is 12.3. The summed E-state index contributed by atoms with van der Waals surface area (Å²) >= 11 is 0. The molecule has 3 atom stereocenters. The Morgan fingerprint density at radius 3 is 2.58 bits per heavy atom. The molecule has 1 aliphatic carbocycles. The van der Waals surface area contributed by atoms with Crippen molar-refractivity contribution in [2.24, 2.45) is 11.8 Å². The van der Waals surface area contributed by atoms with Gasteiger partial charge in [-0.1, -0.05) is 20.3 Å². The summed E-state index contributed by atoms with van der Waals surface area (Å²) in [4.78, 5) is 11.9. The van der Waals surface area contributed by atoms with E-state index in [0.29, 0.717) is 24.5 Å². The van der Waals surface area contributed by atoms with Crippen molar-refractivity contribution in [1.29, 1.82) is 0 Å². The first-order valence-electron chi connectivity index (χ1n) is 7.81. The Hall–Kier alpha value is -0.610. The van der Waals surface area contributed by atoms with Crippen molar-refractivity contribution in [2.45, 2.75) is 58.0 Å². The lowest BCUT2D eigenvalue weighted by molar-refractivity contribution is -0.121. The maximum Gasteiger partial charge on any atom is 0.234 e. The highest BCUT2D eigenvalue weighted by molar-refractivity contribution is 5.78. The molecular weight excluding hydrogens is 240 g/mol. The maximum atomic E-state index is 11.9. The molecule has 0 spiro atoms. The molecule has 3 unspecified atom stereocenters. The predicted molar refractivity (Wildman–Crippen MR) is 76.0 cm³/mol. The van der Waals surface area contributed by atoms with Crippen LogP contribution in [0.5, 0.6) is 0 Å². The largest absolute Gasteiger partial charge is 0.381 e. The number of amides is 1. The van der Waals surface area contributed by atoms with Crippen LogP contribution in [-0.2, 0) is 9.53 Å². The second-order valence-corrected chi connectivity index (χ2v) is 6.05. The zero-order chi connectivity index (χ0) is 13.7. The molecular formula is C15H28N2O2. The Kier molecular flexibility index (Phi) is 5.64. The van der Waals surface area contributed by atoms with Gasteiger partial charge in [0, 0.05) is 25.3 Å². The maximum absolute atomic E-state index is 11.9. The van der Waals surface area contributed by atoms with E-state index in [4.69, 9.17) is 4.74 Å². The van der Waals surface area contributed by atoms with Gasteiger partial charge >= 0.3 is 0 Å². The smallest absolute Gasteiger partial charge is 0.234 e. The molecule has 2 rings (SSSR count). The summed E-state index contributed by atoms with van der Waals surface area (Å²) in [7, 11) is 0. The van der Waals surface area contributed by atoms with E-state index < -0.39 is 0 Å². The van der Waals surface area contributed by atoms with Gasteiger partial charge in [0.2, 0.25) is 5.91 Å². The average molecular weight is 268 g/mol. The summed E-state index contributed by atoms with van der Waals surface area (Å²) in [5.41, 5.74) is 0. The molecule has 4 heteroatoms. The van der Waals surface area contributed by atoms with Gasteiger partial charge in [-0.25, -0.2) is 0 Å². The molecule has 110 valence electrons. The number of hydrogen-bond donors (Lipinski definition) is 2. The van der Waals surface area contributed by atoms with E-state index in [1.54, 1.807) is 0 Å². The van der Waals surface area contributed by atoms with Crippen LogP contribution in [0.4, 0.5) is 0 Å². The molecule has 0 aromatic rings. The Bertz CT molecular complexity index is 290. The number of ether oxygens (including phenoxy) is 1. The lowest BCUT2D eigenvalue weighted by atomic mass is 9.93. The van der Waals surface area contributed by atoms with Crippen LogP contribution >= 0.6 is 0 Å². The van der Waals surface area contributed by atoms with E-state index in [-0.39, 0.29) is 5.91 Å². The van der Waals surface area contributed by atoms with Crippen molar-refractivity contribution >= 4 is 5.91 Å². The first kappa shape index (κ1) is 14.8. The van der Waals surface area contributed by atoms with E-state index >= 15 is 0 Å². The van der Waals surface area contributed by atoms with Crippen LogP contribution in [-0.4, -0.2) is 37.7 Å². The van der Waals surface area contributed by atoms with Crippen LogP contribution in [0, 0.1) is 11.8 Å². The highest BCUT2D eigenvalue weighted by Crippen LogP contribution is 2.33. The SMILES string of the molecule is CCC1CCC(NCC(=O)NC2CCOCC2)C1C. The van der Waals surface area contributed by atoms with Gasteiger partial charge < -0.3 is 15.4 Å². The predicted octanol–water partition coefficient (Wildman–Crippen LogP) is 1.70. The van der Waals surface area contributed by atoms with Crippen molar-refractivity contribution in [1.82, 2.24) is 10.6 Å². The highest BCUT2D eigenvalue weighted by atomic mass is 16.5. The number of carbonyl (C=O) groups excluding carboxylic acids is 1. The van der Waals surface area contributed by atoms with E-state index in [2.05, 4.69) is 24.5 Å². The number of carbonyl (C=O) groups is 1. The topological polar surface area (TPSA) is 50.4 Å². The normalized spacial score (nSPS) is 32.4. The number of nitrogens with one attached hydrogen (secondary N) is 2. The zero-order valence-corrected chi connectivity index (χ0v) is 12.3. The van der Waals surface area contributed by atoms with Gasteiger partial charge in [-0.2, -0.15) is 0 Å². The van der Waals surface area contributed by atoms with Gasteiger partial charge in [-0.3, -0.25) is 4.79 Å². The van der Waals surface area contributed by atoms with Crippen LogP contribution in [0.25, 0.3) is 0 Å². The molecule has 1 heterocycles. The lowest BCUT2D eigenvalue weighted by Crippen LogP contribution is -2.45. The second kappa shape index (κ2) is 7.25. The van der Waals surface area contributed by atoms with Gasteiger partial charge in [0.1, 0.15) is 0 Å². The average Bonchev–Trinajstić information content (AvgIpc) is 2.78. The van der Waals surface area contributed by atoms with Gasteiger partial charge in [0.05, 0.1) is 6.54 Å². The summed E-state index contributed by atoms with van der Waals surface area (Å²) in [5, 5.41) is 6.54. The molecule has 0 bridgehead atoms. The van der Waals surface area contributed by atoms with Crippen molar-refractivity contribution in [3.05, 3.63) is 0 Å². The van der Waals surface area contributed by atoms with Gasteiger partial charge in [-0.15, -0.1) is 0 Å². The Morgan fingerprint density at radius 1 is 1.21 bits per heavy atom. The molecule has 1 saturated heterocycles. The van der Waals surface area contributed by atoms with E-state index in [0.717, 1.165) is 32.0 Å². The molecule has 1 aliphatic heterocycles. The fourth-order valence-corrected chi connectivity index (χ4v) is 3.46. The molecule has 1 amide bonds. The van der Waals surface area contributed by atoms with Crippen molar-refractivity contribution < 1.29 is 9.53 Å². The summed E-state index contributed by atoms with van der Waals surface area (Å²) in [6.07, 6.45) is 5.67. The molecule has 0 aromatic heterocycles. The second-order valence-electron chi connectivity index (χ2n) is 6.05. The summed E-state index contributed by atoms with van der Waals surface area (Å²) < 4.78 is 5.29. The summed E-state index contributed by atoms with van der Waals surface area (Å²) in [6, 6.07) is 0.831. The van der Waals surface area contributed by atoms with Crippen LogP contribution < -0.4 is 10.6 Å². The number of hydrogen-bond acceptors (Lipinski definition) is 3. The molecule has 2 aliphatic rings. The van der Waals surface area contributed by atoms with E-state index in [1.165, 1.54) is 19.3 Å². The van der Waals surface area contributed by atoms with Gasteiger partial charge in [0.25, 0.3) is 0 Å². The Balaban J connectivity index is 1.66. The summed E-state index contributed by atoms with van der Waals surface area (Å²) in [6.45, 7) is 6.59. The van der Waals surface area contributed by atoms with Crippen molar-refractivity contribution in [3.63, 3.8) is 0 Å². The van der Waals surface area contributed by atoms with Gasteiger partial charge in [0.15, 0.2) is 0 Å². The molecule has 2 N–H and O–H groups in total. The Morgan fingerprint density at radius 2 is 1.95 bits per heavy atom. The third kappa shape index (κ3) is 4.18. The molecule has 1 saturated carbocycles. The third-order valence-corrected chi connectivity index (χ3v) is 4.86. The minimum atomic E-state index is 0.138. The molecule has 2 fully saturated rings. The minimum absolute atomic E-state index is 0.138. The molecule has 0 radical (unpaired) electrons. The van der Waals surface area contributed by atoms with Crippen molar-refractivity contribution in [3.8, 4) is 0 Å². The first-order chi connectivity index (χ1) is 9.20. The highest BCUT2D eigenvalue weighted by Gasteiger charge is 2.31. The van der Waals surface area contributed by atoms with Crippen molar-refractivity contribution in [2.75, 3.05) is 19.8 Å².